The van der Waals surface area contributed by atoms with Gasteiger partial charge in [0.15, 0.2) is 11.5 Å². The molecule has 32 heavy (non-hydrogen) atoms. The minimum Gasteiger partial charge on any atom is -0.485 e. The lowest BCUT2D eigenvalue weighted by Crippen LogP contribution is -2.49. The van der Waals surface area contributed by atoms with Gasteiger partial charge in [-0.25, -0.2) is 0 Å². The maximum atomic E-state index is 12.9. The second-order valence-electron chi connectivity index (χ2n) is 9.19. The Morgan fingerprint density at radius 2 is 1.72 bits per heavy atom. The number of ether oxygens (including phenoxy) is 2. The lowest BCUT2D eigenvalue weighted by Gasteiger charge is -2.36. The molecule has 2 atom stereocenters. The number of amides is 2. The SMILES string of the molecule is O=C(NCCCc1ccccc1)[C@H]1CC12CCN(C(=O)[C@@H]1COc3ccccc3O1)CC2. The highest BCUT2D eigenvalue weighted by molar-refractivity contribution is 5.84. The van der Waals surface area contributed by atoms with Crippen molar-refractivity contribution in [3.63, 3.8) is 0 Å². The summed E-state index contributed by atoms with van der Waals surface area (Å²) in [5.41, 5.74) is 1.38. The van der Waals surface area contributed by atoms with E-state index in [1.165, 1.54) is 5.56 Å². The first-order valence-electron chi connectivity index (χ1n) is 11.6. The molecule has 2 aromatic rings. The summed E-state index contributed by atoms with van der Waals surface area (Å²) in [5, 5.41) is 3.13. The quantitative estimate of drug-likeness (QED) is 0.709. The zero-order valence-electron chi connectivity index (χ0n) is 18.3. The van der Waals surface area contributed by atoms with Gasteiger partial charge in [-0.1, -0.05) is 42.5 Å². The third-order valence-electron chi connectivity index (χ3n) is 7.15. The molecule has 6 heteroatoms. The van der Waals surface area contributed by atoms with Crippen LogP contribution in [0.1, 0.15) is 31.2 Å². The molecule has 0 aromatic heterocycles. The zero-order valence-corrected chi connectivity index (χ0v) is 18.3. The standard InChI is InChI=1S/C26H30N2O4/c29-24(27-14-6-9-19-7-2-1-3-8-19)20-17-26(20)12-15-28(16-13-26)25(30)23-18-31-21-10-4-5-11-22(21)32-23/h1-5,7-8,10-11,20,23H,6,9,12-18H2,(H,27,29)/t20-,23+/m1/s1. The van der Waals surface area contributed by atoms with Crippen LogP contribution in [0, 0.1) is 11.3 Å². The number of hydrogen-bond acceptors (Lipinski definition) is 4. The van der Waals surface area contributed by atoms with E-state index in [2.05, 4.69) is 17.4 Å². The Morgan fingerprint density at radius 3 is 2.50 bits per heavy atom. The van der Waals surface area contributed by atoms with Crippen molar-refractivity contribution in [2.75, 3.05) is 26.2 Å². The van der Waals surface area contributed by atoms with Crippen LogP contribution in [-0.4, -0.2) is 49.1 Å². The Balaban J connectivity index is 1.05. The maximum absolute atomic E-state index is 12.9. The molecular weight excluding hydrogens is 404 g/mol. The van der Waals surface area contributed by atoms with Gasteiger partial charge in [-0.2, -0.15) is 0 Å². The van der Waals surface area contributed by atoms with Gasteiger partial charge in [0.25, 0.3) is 5.91 Å². The molecule has 168 valence electrons. The fourth-order valence-electron chi connectivity index (χ4n) is 5.06. The average molecular weight is 435 g/mol. The summed E-state index contributed by atoms with van der Waals surface area (Å²) in [6, 6.07) is 17.8. The van der Waals surface area contributed by atoms with Crippen molar-refractivity contribution in [3.05, 3.63) is 60.2 Å². The molecule has 2 heterocycles. The molecule has 1 saturated carbocycles. The van der Waals surface area contributed by atoms with Gasteiger partial charge in [-0.15, -0.1) is 0 Å². The molecule has 1 saturated heterocycles. The van der Waals surface area contributed by atoms with Crippen molar-refractivity contribution in [1.82, 2.24) is 10.2 Å². The molecule has 0 unspecified atom stereocenters. The van der Waals surface area contributed by atoms with E-state index >= 15 is 0 Å². The molecule has 1 spiro atoms. The third-order valence-corrected chi connectivity index (χ3v) is 7.15. The maximum Gasteiger partial charge on any atom is 0.267 e. The summed E-state index contributed by atoms with van der Waals surface area (Å²) in [6.07, 6.45) is 4.03. The lowest BCUT2D eigenvalue weighted by molar-refractivity contribution is -0.142. The normalized spacial score (nSPS) is 22.9. The van der Waals surface area contributed by atoms with Gasteiger partial charge >= 0.3 is 0 Å². The highest BCUT2D eigenvalue weighted by Crippen LogP contribution is 2.59. The summed E-state index contributed by atoms with van der Waals surface area (Å²) in [5.74, 6) is 1.56. The van der Waals surface area contributed by atoms with E-state index in [4.69, 9.17) is 9.47 Å². The fraction of sp³-hybridized carbons (Fsp3) is 0.462. The second-order valence-corrected chi connectivity index (χ2v) is 9.19. The Labute approximate surface area is 188 Å². The number of aryl methyl sites for hydroxylation is 1. The summed E-state index contributed by atoms with van der Waals surface area (Å²) in [4.78, 5) is 27.5. The molecule has 0 bridgehead atoms. The van der Waals surface area contributed by atoms with Crippen molar-refractivity contribution in [1.29, 1.82) is 0 Å². The number of benzene rings is 2. The highest BCUT2D eigenvalue weighted by atomic mass is 16.6. The van der Waals surface area contributed by atoms with E-state index in [0.29, 0.717) is 31.1 Å². The molecule has 1 aliphatic carbocycles. The number of carbonyl (C=O) groups is 2. The second kappa shape index (κ2) is 8.85. The predicted molar refractivity (Wildman–Crippen MR) is 120 cm³/mol. The van der Waals surface area contributed by atoms with Gasteiger partial charge in [-0.05, 0) is 55.2 Å². The van der Waals surface area contributed by atoms with Crippen LogP contribution < -0.4 is 14.8 Å². The van der Waals surface area contributed by atoms with Crippen LogP contribution in [0.4, 0.5) is 0 Å². The van der Waals surface area contributed by atoms with Crippen LogP contribution in [0.2, 0.25) is 0 Å². The Morgan fingerprint density at radius 1 is 1.00 bits per heavy atom. The van der Waals surface area contributed by atoms with Crippen LogP contribution in [0.25, 0.3) is 0 Å². The molecule has 2 aliphatic heterocycles. The molecule has 2 amide bonds. The van der Waals surface area contributed by atoms with Gasteiger partial charge in [0.1, 0.15) is 6.61 Å². The topological polar surface area (TPSA) is 67.9 Å². The van der Waals surface area contributed by atoms with Crippen molar-refractivity contribution in [2.45, 2.75) is 38.2 Å². The molecule has 5 rings (SSSR count). The number of carbonyl (C=O) groups excluding carboxylic acids is 2. The predicted octanol–water partition coefficient (Wildman–Crippen LogP) is 3.20. The zero-order chi connectivity index (χ0) is 22.0. The third kappa shape index (κ3) is 4.31. The van der Waals surface area contributed by atoms with E-state index in [1.807, 2.05) is 47.4 Å². The van der Waals surface area contributed by atoms with E-state index in [9.17, 15) is 9.59 Å². The van der Waals surface area contributed by atoms with Crippen LogP contribution in [0.3, 0.4) is 0 Å². The van der Waals surface area contributed by atoms with E-state index in [-0.39, 0.29) is 29.8 Å². The number of fused-ring (bicyclic) bond motifs is 1. The Hall–Kier alpha value is -3.02. The first-order valence-corrected chi connectivity index (χ1v) is 11.6. The van der Waals surface area contributed by atoms with Gasteiger partial charge in [0, 0.05) is 25.6 Å². The highest BCUT2D eigenvalue weighted by Gasteiger charge is 2.58. The molecule has 2 aromatic carbocycles. The number of para-hydroxylation sites is 2. The molecule has 1 N–H and O–H groups in total. The molecule has 0 radical (unpaired) electrons. The van der Waals surface area contributed by atoms with Crippen molar-refractivity contribution in [2.24, 2.45) is 11.3 Å². The van der Waals surface area contributed by atoms with E-state index in [1.54, 1.807) is 0 Å². The molecule has 6 nitrogen and oxygen atoms in total. The number of nitrogens with one attached hydrogen (secondary N) is 1. The van der Waals surface area contributed by atoms with Gasteiger partial charge in [-0.3, -0.25) is 9.59 Å². The fourth-order valence-corrected chi connectivity index (χ4v) is 5.06. The molecule has 2 fully saturated rings. The number of hydrogen-bond donors (Lipinski definition) is 1. The minimum absolute atomic E-state index is 0.0167. The first-order chi connectivity index (χ1) is 15.6. The average Bonchev–Trinajstić information content (AvgIpc) is 3.55. The van der Waals surface area contributed by atoms with Crippen molar-refractivity contribution < 1.29 is 19.1 Å². The van der Waals surface area contributed by atoms with Crippen LogP contribution >= 0.6 is 0 Å². The lowest BCUT2D eigenvalue weighted by atomic mass is 9.90. The summed E-state index contributed by atoms with van der Waals surface area (Å²) in [6.45, 7) is 2.31. The van der Waals surface area contributed by atoms with Gasteiger partial charge in [0.05, 0.1) is 0 Å². The number of likely N-dealkylation sites (tertiary alicyclic amines) is 1. The molecule has 3 aliphatic rings. The van der Waals surface area contributed by atoms with Crippen molar-refractivity contribution in [3.8, 4) is 11.5 Å². The van der Waals surface area contributed by atoms with Gasteiger partial charge < -0.3 is 19.7 Å². The summed E-state index contributed by atoms with van der Waals surface area (Å²) >= 11 is 0. The number of nitrogens with zero attached hydrogens (tertiary/aromatic N) is 1. The van der Waals surface area contributed by atoms with Gasteiger partial charge in [0.2, 0.25) is 12.0 Å². The Kier molecular flexibility index (Phi) is 5.77. The first kappa shape index (κ1) is 20.9. The van der Waals surface area contributed by atoms with Crippen LogP contribution in [0.5, 0.6) is 11.5 Å². The van der Waals surface area contributed by atoms with E-state index < -0.39 is 6.10 Å². The van der Waals surface area contributed by atoms with E-state index in [0.717, 1.165) is 32.1 Å². The number of piperidine rings is 1. The smallest absolute Gasteiger partial charge is 0.267 e. The Bertz CT molecular complexity index is 969. The number of rotatable bonds is 6. The summed E-state index contributed by atoms with van der Waals surface area (Å²) in [7, 11) is 0. The van der Waals surface area contributed by atoms with Crippen LogP contribution in [-0.2, 0) is 16.0 Å². The largest absolute Gasteiger partial charge is 0.485 e. The minimum atomic E-state index is -0.595. The monoisotopic (exact) mass is 434 g/mol. The molecular formula is C26H30N2O4. The van der Waals surface area contributed by atoms with Crippen molar-refractivity contribution >= 4 is 11.8 Å². The summed E-state index contributed by atoms with van der Waals surface area (Å²) < 4.78 is 11.6. The van der Waals surface area contributed by atoms with Crippen LogP contribution in [0.15, 0.2) is 54.6 Å².